The number of rotatable bonds is 5. The first-order valence-corrected chi connectivity index (χ1v) is 5.78. The van der Waals surface area contributed by atoms with Crippen LogP contribution in [0.2, 0.25) is 0 Å². The summed E-state index contributed by atoms with van der Waals surface area (Å²) in [6.45, 7) is 2.02. The molecule has 0 bridgehead atoms. The van der Waals surface area contributed by atoms with Crippen LogP contribution in [0, 0.1) is 5.92 Å². The van der Waals surface area contributed by atoms with E-state index in [1.54, 1.807) is 0 Å². The second-order valence-corrected chi connectivity index (χ2v) is 4.35. The molecule has 1 aromatic rings. The van der Waals surface area contributed by atoms with Gasteiger partial charge in [0.15, 0.2) is 0 Å². The Labute approximate surface area is 94.7 Å². The van der Waals surface area contributed by atoms with Crippen molar-refractivity contribution in [3.63, 3.8) is 0 Å². The molecule has 0 atom stereocenters. The van der Waals surface area contributed by atoms with Crippen molar-refractivity contribution in [2.75, 3.05) is 0 Å². The summed E-state index contributed by atoms with van der Waals surface area (Å²) in [6.07, 6.45) is 6.48. The van der Waals surface area contributed by atoms with Gasteiger partial charge in [0.25, 0.3) is 0 Å². The lowest BCUT2D eigenvalue weighted by Crippen LogP contribution is -2.09. The molecule has 0 radical (unpaired) electrons. The quantitative estimate of drug-likeness (QED) is 0.825. The second-order valence-electron chi connectivity index (χ2n) is 4.35. The molecule has 1 N–H and O–H groups in total. The summed E-state index contributed by atoms with van der Waals surface area (Å²) in [5.74, 6) is 0.600. The third kappa shape index (κ3) is 2.56. The van der Waals surface area contributed by atoms with Gasteiger partial charge >= 0.3 is 5.97 Å². The average molecular weight is 220 g/mol. The Balaban J connectivity index is 2.22. The van der Waals surface area contributed by atoms with Gasteiger partial charge in [-0.3, -0.25) is 0 Å². The molecule has 86 valence electrons. The smallest absolute Gasteiger partial charge is 0.339 e. The number of carboxylic acids is 1. The monoisotopic (exact) mass is 220 g/mol. The van der Waals surface area contributed by atoms with Crippen molar-refractivity contribution >= 4 is 5.97 Å². The van der Waals surface area contributed by atoms with E-state index in [1.807, 2.05) is 6.92 Å². The molecular formula is C12H16N2O2. The maximum atomic E-state index is 11.0. The van der Waals surface area contributed by atoms with Crippen LogP contribution in [-0.4, -0.2) is 21.0 Å². The SMILES string of the molecule is CCCc1nc(CC2CC2)ncc1C(=O)O. The van der Waals surface area contributed by atoms with Gasteiger partial charge in [0.2, 0.25) is 0 Å². The Morgan fingerprint density at radius 2 is 2.31 bits per heavy atom. The molecule has 0 spiro atoms. The van der Waals surface area contributed by atoms with E-state index >= 15 is 0 Å². The molecule has 4 heteroatoms. The highest BCUT2D eigenvalue weighted by Crippen LogP contribution is 2.31. The summed E-state index contributed by atoms with van der Waals surface area (Å²) in [5.41, 5.74) is 0.932. The Bertz CT molecular complexity index is 400. The number of aryl methyl sites for hydroxylation is 1. The largest absolute Gasteiger partial charge is 0.478 e. The van der Waals surface area contributed by atoms with Crippen LogP contribution >= 0.6 is 0 Å². The van der Waals surface area contributed by atoms with Crippen LogP contribution in [0.5, 0.6) is 0 Å². The summed E-state index contributed by atoms with van der Waals surface area (Å²) in [5, 5.41) is 9.00. The highest BCUT2D eigenvalue weighted by molar-refractivity contribution is 5.88. The van der Waals surface area contributed by atoms with Crippen LogP contribution in [0.3, 0.4) is 0 Å². The fraction of sp³-hybridized carbons (Fsp3) is 0.583. The van der Waals surface area contributed by atoms with Crippen LogP contribution in [-0.2, 0) is 12.8 Å². The molecule has 1 aliphatic carbocycles. The highest BCUT2D eigenvalue weighted by Gasteiger charge is 2.23. The number of carboxylic acid groups (broad SMARTS) is 1. The maximum absolute atomic E-state index is 11.0. The van der Waals surface area contributed by atoms with Crippen molar-refractivity contribution in [2.45, 2.75) is 39.0 Å². The number of hydrogen-bond donors (Lipinski definition) is 1. The highest BCUT2D eigenvalue weighted by atomic mass is 16.4. The Morgan fingerprint density at radius 3 is 2.88 bits per heavy atom. The Hall–Kier alpha value is -1.45. The van der Waals surface area contributed by atoms with E-state index in [1.165, 1.54) is 19.0 Å². The predicted molar refractivity (Wildman–Crippen MR) is 59.4 cm³/mol. The minimum atomic E-state index is -0.929. The van der Waals surface area contributed by atoms with Gasteiger partial charge < -0.3 is 5.11 Å². The molecule has 16 heavy (non-hydrogen) atoms. The zero-order chi connectivity index (χ0) is 11.5. The average Bonchev–Trinajstić information content (AvgIpc) is 3.02. The molecule has 1 fully saturated rings. The first kappa shape index (κ1) is 11.0. The second kappa shape index (κ2) is 4.60. The van der Waals surface area contributed by atoms with Gasteiger partial charge in [0.1, 0.15) is 5.82 Å². The third-order valence-corrected chi connectivity index (χ3v) is 2.80. The van der Waals surface area contributed by atoms with Gasteiger partial charge in [0, 0.05) is 12.6 Å². The molecule has 2 rings (SSSR count). The summed E-state index contributed by atoms with van der Waals surface area (Å²) < 4.78 is 0. The molecule has 0 amide bonds. The van der Waals surface area contributed by atoms with Crippen LogP contribution in [0.1, 0.15) is 48.1 Å². The van der Waals surface area contributed by atoms with Crippen LogP contribution in [0.15, 0.2) is 6.20 Å². The van der Waals surface area contributed by atoms with Gasteiger partial charge in [-0.25, -0.2) is 14.8 Å². The van der Waals surface area contributed by atoms with E-state index in [0.29, 0.717) is 12.1 Å². The lowest BCUT2D eigenvalue weighted by atomic mass is 10.1. The standard InChI is InChI=1S/C12H16N2O2/c1-2-3-10-9(12(15)16)7-13-11(14-10)6-8-4-5-8/h7-8H,2-6H2,1H3,(H,15,16). The van der Waals surface area contributed by atoms with Crippen molar-refractivity contribution in [1.82, 2.24) is 9.97 Å². The van der Waals surface area contributed by atoms with E-state index in [-0.39, 0.29) is 5.56 Å². The van der Waals surface area contributed by atoms with Gasteiger partial charge in [-0.2, -0.15) is 0 Å². The van der Waals surface area contributed by atoms with Crippen molar-refractivity contribution in [3.05, 3.63) is 23.3 Å². The lowest BCUT2D eigenvalue weighted by molar-refractivity contribution is 0.0694. The van der Waals surface area contributed by atoms with E-state index < -0.39 is 5.97 Å². The summed E-state index contributed by atoms with van der Waals surface area (Å²) >= 11 is 0. The summed E-state index contributed by atoms with van der Waals surface area (Å²) in [4.78, 5) is 19.5. The molecular weight excluding hydrogens is 204 g/mol. The van der Waals surface area contributed by atoms with Crippen molar-refractivity contribution in [1.29, 1.82) is 0 Å². The van der Waals surface area contributed by atoms with Crippen molar-refractivity contribution < 1.29 is 9.90 Å². The minimum absolute atomic E-state index is 0.251. The molecule has 1 aromatic heterocycles. The van der Waals surface area contributed by atoms with Crippen molar-refractivity contribution in [3.8, 4) is 0 Å². The van der Waals surface area contributed by atoms with Crippen LogP contribution in [0.4, 0.5) is 0 Å². The fourth-order valence-corrected chi connectivity index (χ4v) is 1.74. The first-order valence-electron chi connectivity index (χ1n) is 5.78. The topological polar surface area (TPSA) is 63.1 Å². The molecule has 1 aliphatic rings. The van der Waals surface area contributed by atoms with Gasteiger partial charge in [0.05, 0.1) is 11.3 Å². The number of aromatic nitrogens is 2. The van der Waals surface area contributed by atoms with Gasteiger partial charge in [-0.1, -0.05) is 13.3 Å². The van der Waals surface area contributed by atoms with E-state index in [4.69, 9.17) is 5.11 Å². The Morgan fingerprint density at radius 1 is 1.56 bits per heavy atom. The lowest BCUT2D eigenvalue weighted by Gasteiger charge is -2.05. The van der Waals surface area contributed by atoms with Gasteiger partial charge in [-0.15, -0.1) is 0 Å². The molecule has 0 unspecified atom stereocenters. The van der Waals surface area contributed by atoms with Gasteiger partial charge in [-0.05, 0) is 25.2 Å². The van der Waals surface area contributed by atoms with Crippen LogP contribution in [0.25, 0.3) is 0 Å². The van der Waals surface area contributed by atoms with E-state index in [2.05, 4.69) is 9.97 Å². The number of aromatic carboxylic acids is 1. The summed E-state index contributed by atoms with van der Waals surface area (Å²) in [7, 11) is 0. The van der Waals surface area contributed by atoms with E-state index in [9.17, 15) is 4.79 Å². The predicted octanol–water partition coefficient (Wildman–Crippen LogP) is 2.08. The normalized spacial score (nSPS) is 15.1. The molecule has 0 saturated heterocycles. The Kier molecular flexibility index (Phi) is 3.17. The molecule has 1 saturated carbocycles. The molecule has 0 aliphatic heterocycles. The van der Waals surface area contributed by atoms with Crippen LogP contribution < -0.4 is 0 Å². The third-order valence-electron chi connectivity index (χ3n) is 2.80. The zero-order valence-electron chi connectivity index (χ0n) is 9.44. The molecule has 0 aromatic carbocycles. The summed E-state index contributed by atoms with van der Waals surface area (Å²) in [6, 6.07) is 0. The molecule has 1 heterocycles. The number of hydrogen-bond acceptors (Lipinski definition) is 3. The zero-order valence-corrected chi connectivity index (χ0v) is 9.44. The minimum Gasteiger partial charge on any atom is -0.478 e. The maximum Gasteiger partial charge on any atom is 0.339 e. The molecule has 4 nitrogen and oxygen atoms in total. The fourth-order valence-electron chi connectivity index (χ4n) is 1.74. The van der Waals surface area contributed by atoms with E-state index in [0.717, 1.165) is 24.6 Å². The number of carbonyl (C=O) groups is 1. The first-order chi connectivity index (χ1) is 7.70. The van der Waals surface area contributed by atoms with Crippen molar-refractivity contribution in [2.24, 2.45) is 5.92 Å². The number of nitrogens with zero attached hydrogens (tertiary/aromatic N) is 2.